The first kappa shape index (κ1) is 16.6. The molecule has 1 aliphatic rings. The number of nitrogens with zero attached hydrogens (tertiary/aromatic N) is 2. The van der Waals surface area contributed by atoms with Gasteiger partial charge in [0.25, 0.3) is 5.91 Å². The Bertz CT molecular complexity index is 701. The normalized spacial score (nSPS) is 18.5. The van der Waals surface area contributed by atoms with Crippen molar-refractivity contribution in [2.24, 2.45) is 0 Å². The molecule has 2 heterocycles. The van der Waals surface area contributed by atoms with E-state index in [1.54, 1.807) is 12.1 Å². The van der Waals surface area contributed by atoms with Gasteiger partial charge in [0.15, 0.2) is 12.1 Å². The van der Waals surface area contributed by atoms with E-state index in [1.807, 2.05) is 13.0 Å². The van der Waals surface area contributed by atoms with Gasteiger partial charge < -0.3 is 9.73 Å². The van der Waals surface area contributed by atoms with Crippen molar-refractivity contribution < 1.29 is 13.6 Å². The van der Waals surface area contributed by atoms with E-state index in [9.17, 15) is 9.18 Å². The van der Waals surface area contributed by atoms with Crippen molar-refractivity contribution in [3.05, 3.63) is 53.5 Å². The second kappa shape index (κ2) is 7.57. The number of halogens is 1. The van der Waals surface area contributed by atoms with Crippen molar-refractivity contribution in [1.29, 1.82) is 0 Å². The summed E-state index contributed by atoms with van der Waals surface area (Å²) in [4.78, 5) is 18.5. The molecule has 24 heavy (non-hydrogen) atoms. The number of hydrogen-bond acceptors (Lipinski definition) is 4. The molecular weight excluding hydrogens is 309 g/mol. The van der Waals surface area contributed by atoms with Gasteiger partial charge in [-0.2, -0.15) is 0 Å². The van der Waals surface area contributed by atoms with Crippen molar-refractivity contribution in [3.8, 4) is 0 Å². The number of likely N-dealkylation sites (tertiary alicyclic amines) is 1. The number of carbonyl (C=O) groups is 1. The fourth-order valence-electron chi connectivity index (χ4n) is 3.14. The standard InChI is InChI=1S/C18H22FN3O2/c1-2-16-17(20-12-24-16)18(23)21-14-7-5-9-22(11-14)10-13-6-3-4-8-15(13)19/h3-4,6,8,12,14H,2,5,7,9-11H2,1H3,(H,21,23). The van der Waals surface area contributed by atoms with Crippen LogP contribution < -0.4 is 5.32 Å². The summed E-state index contributed by atoms with van der Waals surface area (Å²) in [6.07, 6.45) is 3.82. The SMILES string of the molecule is CCc1ocnc1C(=O)NC1CCCN(Cc2ccccc2F)C1. The number of amides is 1. The molecule has 1 atom stereocenters. The number of aryl methyl sites for hydroxylation is 1. The molecule has 1 aromatic carbocycles. The van der Waals surface area contributed by atoms with Crippen LogP contribution in [-0.4, -0.2) is 34.9 Å². The summed E-state index contributed by atoms with van der Waals surface area (Å²) in [6, 6.07) is 6.87. The van der Waals surface area contributed by atoms with Gasteiger partial charge in [-0.3, -0.25) is 9.69 Å². The first-order chi connectivity index (χ1) is 11.7. The highest BCUT2D eigenvalue weighted by Gasteiger charge is 2.24. The van der Waals surface area contributed by atoms with E-state index in [2.05, 4.69) is 15.2 Å². The average Bonchev–Trinajstić information content (AvgIpc) is 3.06. The largest absolute Gasteiger partial charge is 0.448 e. The van der Waals surface area contributed by atoms with Gasteiger partial charge in [-0.15, -0.1) is 0 Å². The summed E-state index contributed by atoms with van der Waals surface area (Å²) in [7, 11) is 0. The van der Waals surface area contributed by atoms with E-state index in [0.717, 1.165) is 19.4 Å². The molecule has 1 aliphatic heterocycles. The van der Waals surface area contributed by atoms with Gasteiger partial charge in [0.2, 0.25) is 0 Å². The van der Waals surface area contributed by atoms with Gasteiger partial charge >= 0.3 is 0 Å². The maximum Gasteiger partial charge on any atom is 0.273 e. The van der Waals surface area contributed by atoms with Crippen LogP contribution in [-0.2, 0) is 13.0 Å². The van der Waals surface area contributed by atoms with E-state index in [4.69, 9.17) is 4.42 Å². The number of oxazole rings is 1. The lowest BCUT2D eigenvalue weighted by Gasteiger charge is -2.33. The zero-order valence-corrected chi connectivity index (χ0v) is 13.8. The molecule has 1 aromatic heterocycles. The van der Waals surface area contributed by atoms with Crippen molar-refractivity contribution in [3.63, 3.8) is 0 Å². The lowest BCUT2D eigenvalue weighted by molar-refractivity contribution is 0.0894. The molecule has 0 spiro atoms. The van der Waals surface area contributed by atoms with E-state index in [-0.39, 0.29) is 17.8 Å². The molecule has 0 radical (unpaired) electrons. The van der Waals surface area contributed by atoms with Crippen LogP contribution in [0.5, 0.6) is 0 Å². The Balaban J connectivity index is 1.59. The molecule has 6 heteroatoms. The molecule has 0 saturated carbocycles. The second-order valence-corrected chi connectivity index (χ2v) is 6.12. The minimum Gasteiger partial charge on any atom is -0.448 e. The number of aromatic nitrogens is 1. The van der Waals surface area contributed by atoms with Gasteiger partial charge in [0.1, 0.15) is 11.6 Å². The Labute approximate surface area is 140 Å². The lowest BCUT2D eigenvalue weighted by Crippen LogP contribution is -2.47. The van der Waals surface area contributed by atoms with Gasteiger partial charge in [0, 0.05) is 31.1 Å². The molecule has 5 nitrogen and oxygen atoms in total. The average molecular weight is 331 g/mol. The van der Waals surface area contributed by atoms with Gasteiger partial charge in [-0.25, -0.2) is 9.37 Å². The zero-order chi connectivity index (χ0) is 16.9. The maximum absolute atomic E-state index is 13.8. The Hall–Kier alpha value is -2.21. The third kappa shape index (κ3) is 3.82. The van der Waals surface area contributed by atoms with E-state index in [1.165, 1.54) is 12.5 Å². The molecule has 1 fully saturated rings. The van der Waals surface area contributed by atoms with E-state index >= 15 is 0 Å². The number of piperidine rings is 1. The molecule has 3 rings (SSSR count). The van der Waals surface area contributed by atoms with Crippen LogP contribution >= 0.6 is 0 Å². The van der Waals surface area contributed by atoms with Crippen molar-refractivity contribution >= 4 is 5.91 Å². The highest BCUT2D eigenvalue weighted by atomic mass is 19.1. The van der Waals surface area contributed by atoms with Crippen LogP contribution in [0, 0.1) is 5.82 Å². The molecule has 2 aromatic rings. The molecule has 0 bridgehead atoms. The van der Waals surface area contributed by atoms with Crippen LogP contribution in [0.4, 0.5) is 4.39 Å². The third-order valence-corrected chi connectivity index (χ3v) is 4.37. The Morgan fingerprint density at radius 3 is 3.08 bits per heavy atom. The Morgan fingerprint density at radius 2 is 2.29 bits per heavy atom. The second-order valence-electron chi connectivity index (χ2n) is 6.12. The first-order valence-corrected chi connectivity index (χ1v) is 8.36. The molecular formula is C18H22FN3O2. The summed E-state index contributed by atoms with van der Waals surface area (Å²) >= 11 is 0. The number of benzene rings is 1. The molecule has 1 amide bonds. The number of carbonyl (C=O) groups excluding carboxylic acids is 1. The number of nitrogens with one attached hydrogen (secondary N) is 1. The maximum atomic E-state index is 13.8. The monoisotopic (exact) mass is 331 g/mol. The minimum atomic E-state index is -0.196. The van der Waals surface area contributed by atoms with Crippen LogP contribution in [0.15, 0.2) is 35.1 Å². The van der Waals surface area contributed by atoms with Crippen LogP contribution in [0.3, 0.4) is 0 Å². The Kier molecular flexibility index (Phi) is 5.25. The summed E-state index contributed by atoms with van der Waals surface area (Å²) in [5.74, 6) is 0.226. The fraction of sp³-hybridized carbons (Fsp3) is 0.444. The predicted molar refractivity (Wildman–Crippen MR) is 88.0 cm³/mol. The summed E-state index contributed by atoms with van der Waals surface area (Å²) < 4.78 is 19.0. The number of rotatable bonds is 5. The smallest absolute Gasteiger partial charge is 0.273 e. The fourth-order valence-corrected chi connectivity index (χ4v) is 3.14. The molecule has 128 valence electrons. The summed E-state index contributed by atoms with van der Waals surface area (Å²) in [6.45, 7) is 4.10. The quantitative estimate of drug-likeness (QED) is 0.915. The van der Waals surface area contributed by atoms with Crippen molar-refractivity contribution in [1.82, 2.24) is 15.2 Å². The molecule has 0 aliphatic carbocycles. The molecule has 1 saturated heterocycles. The van der Waals surface area contributed by atoms with Crippen molar-refractivity contribution in [2.45, 2.75) is 38.8 Å². The topological polar surface area (TPSA) is 58.4 Å². The predicted octanol–water partition coefficient (Wildman–Crippen LogP) is 2.77. The van der Waals surface area contributed by atoms with Crippen molar-refractivity contribution in [2.75, 3.05) is 13.1 Å². The molecule has 1 unspecified atom stereocenters. The van der Waals surface area contributed by atoms with Gasteiger partial charge in [-0.1, -0.05) is 25.1 Å². The van der Waals surface area contributed by atoms with Gasteiger partial charge in [-0.05, 0) is 25.5 Å². The Morgan fingerprint density at radius 1 is 1.46 bits per heavy atom. The minimum absolute atomic E-state index is 0.0411. The number of hydrogen-bond donors (Lipinski definition) is 1. The highest BCUT2D eigenvalue weighted by molar-refractivity contribution is 5.93. The highest BCUT2D eigenvalue weighted by Crippen LogP contribution is 2.16. The van der Waals surface area contributed by atoms with Crippen LogP contribution in [0.1, 0.15) is 41.6 Å². The molecule has 1 N–H and O–H groups in total. The lowest BCUT2D eigenvalue weighted by atomic mass is 10.0. The summed E-state index contributed by atoms with van der Waals surface area (Å²) in [5, 5.41) is 3.03. The summed E-state index contributed by atoms with van der Waals surface area (Å²) in [5.41, 5.74) is 1.05. The first-order valence-electron chi connectivity index (χ1n) is 8.36. The van der Waals surface area contributed by atoms with Gasteiger partial charge in [0.05, 0.1) is 0 Å². The zero-order valence-electron chi connectivity index (χ0n) is 13.8. The van der Waals surface area contributed by atoms with Crippen LogP contribution in [0.25, 0.3) is 0 Å². The van der Waals surface area contributed by atoms with E-state index in [0.29, 0.717) is 36.5 Å². The van der Waals surface area contributed by atoms with Crippen LogP contribution in [0.2, 0.25) is 0 Å². The third-order valence-electron chi connectivity index (χ3n) is 4.37. The van der Waals surface area contributed by atoms with E-state index < -0.39 is 0 Å².